The molecule has 0 bridgehead atoms. The van der Waals surface area contributed by atoms with Crippen molar-refractivity contribution in [1.29, 1.82) is 0 Å². The van der Waals surface area contributed by atoms with Crippen LogP contribution in [0.5, 0.6) is 5.75 Å². The molecule has 2 heterocycles. The second kappa shape index (κ2) is 8.96. The standard InChI is InChI=1S/C24H34N2O4/c1-18(27)26(20-6-7-20)21-11-16-30-24(17-21)12-14-25(15-13-24)23(28)10-5-19-3-8-22(29-2)9-4-19/h3-4,8-9,20-21H,5-7,10-17H2,1-2H3. The summed E-state index contributed by atoms with van der Waals surface area (Å²) < 4.78 is 11.4. The Balaban J connectivity index is 1.28. The lowest BCUT2D eigenvalue weighted by Gasteiger charge is -2.48. The molecule has 1 unspecified atom stereocenters. The second-order valence-corrected chi connectivity index (χ2v) is 9.06. The third kappa shape index (κ3) is 4.80. The van der Waals surface area contributed by atoms with Gasteiger partial charge in [-0.15, -0.1) is 0 Å². The average Bonchev–Trinajstić information content (AvgIpc) is 3.58. The summed E-state index contributed by atoms with van der Waals surface area (Å²) in [7, 11) is 1.66. The van der Waals surface area contributed by atoms with Crippen LogP contribution in [0.4, 0.5) is 0 Å². The van der Waals surface area contributed by atoms with Crippen LogP contribution in [-0.2, 0) is 20.7 Å². The van der Waals surface area contributed by atoms with Crippen molar-refractivity contribution in [1.82, 2.24) is 9.80 Å². The van der Waals surface area contributed by atoms with Gasteiger partial charge in [-0.1, -0.05) is 12.1 Å². The van der Waals surface area contributed by atoms with Crippen molar-refractivity contribution in [2.45, 2.75) is 76.0 Å². The Bertz CT molecular complexity index is 751. The van der Waals surface area contributed by atoms with Crippen LogP contribution in [0, 0.1) is 0 Å². The van der Waals surface area contributed by atoms with Gasteiger partial charge in [0.25, 0.3) is 0 Å². The van der Waals surface area contributed by atoms with E-state index in [1.165, 1.54) is 0 Å². The van der Waals surface area contributed by atoms with E-state index in [0.29, 0.717) is 25.1 Å². The third-order valence-electron chi connectivity index (χ3n) is 6.98. The fourth-order valence-corrected chi connectivity index (χ4v) is 5.12. The zero-order chi connectivity index (χ0) is 21.1. The van der Waals surface area contributed by atoms with Crippen LogP contribution in [0.15, 0.2) is 24.3 Å². The van der Waals surface area contributed by atoms with E-state index in [1.807, 2.05) is 29.2 Å². The highest BCUT2D eigenvalue weighted by atomic mass is 16.5. The fraction of sp³-hybridized carbons (Fsp3) is 0.667. The number of rotatable bonds is 6. The molecule has 2 saturated heterocycles. The maximum atomic E-state index is 12.7. The maximum absolute atomic E-state index is 12.7. The van der Waals surface area contributed by atoms with Crippen LogP contribution in [0.3, 0.4) is 0 Å². The zero-order valence-electron chi connectivity index (χ0n) is 18.3. The lowest BCUT2D eigenvalue weighted by atomic mass is 9.81. The zero-order valence-corrected chi connectivity index (χ0v) is 18.3. The van der Waals surface area contributed by atoms with Gasteiger partial charge in [-0.2, -0.15) is 0 Å². The minimum absolute atomic E-state index is 0.168. The minimum atomic E-state index is -0.168. The summed E-state index contributed by atoms with van der Waals surface area (Å²) in [6.45, 7) is 3.91. The molecule has 0 radical (unpaired) electrons. The topological polar surface area (TPSA) is 59.1 Å². The SMILES string of the molecule is COc1ccc(CCC(=O)N2CCC3(CC2)CC(N(C(C)=O)C2CC2)CCO3)cc1. The first-order chi connectivity index (χ1) is 14.5. The Hall–Kier alpha value is -2.08. The van der Waals surface area contributed by atoms with Gasteiger partial charge in [-0.25, -0.2) is 0 Å². The molecular weight excluding hydrogens is 380 g/mol. The molecule has 1 aromatic carbocycles. The van der Waals surface area contributed by atoms with Crippen LogP contribution < -0.4 is 4.74 Å². The third-order valence-corrected chi connectivity index (χ3v) is 6.98. The molecule has 6 nitrogen and oxygen atoms in total. The largest absolute Gasteiger partial charge is 0.497 e. The maximum Gasteiger partial charge on any atom is 0.222 e. The highest BCUT2D eigenvalue weighted by molar-refractivity contribution is 5.76. The van der Waals surface area contributed by atoms with E-state index in [9.17, 15) is 9.59 Å². The van der Waals surface area contributed by atoms with Gasteiger partial charge < -0.3 is 19.3 Å². The highest BCUT2D eigenvalue weighted by Gasteiger charge is 2.45. The molecule has 1 atom stereocenters. The molecule has 30 heavy (non-hydrogen) atoms. The molecule has 0 aromatic heterocycles. The molecule has 1 saturated carbocycles. The van der Waals surface area contributed by atoms with E-state index in [1.54, 1.807) is 14.0 Å². The van der Waals surface area contributed by atoms with Gasteiger partial charge in [0.05, 0.1) is 12.7 Å². The Morgan fingerprint density at radius 3 is 2.43 bits per heavy atom. The molecule has 0 N–H and O–H groups in total. The molecule has 1 spiro atoms. The molecule has 1 aliphatic carbocycles. The average molecular weight is 415 g/mol. The second-order valence-electron chi connectivity index (χ2n) is 9.06. The first-order valence-electron chi connectivity index (χ1n) is 11.3. The van der Waals surface area contributed by atoms with Crippen LogP contribution in [-0.4, -0.2) is 66.1 Å². The number of piperidine rings is 1. The van der Waals surface area contributed by atoms with Gasteiger partial charge >= 0.3 is 0 Å². The van der Waals surface area contributed by atoms with Gasteiger partial charge in [-0.05, 0) is 62.6 Å². The van der Waals surface area contributed by atoms with Crippen molar-refractivity contribution >= 4 is 11.8 Å². The molecule has 3 fully saturated rings. The van der Waals surface area contributed by atoms with Crippen molar-refractivity contribution < 1.29 is 19.1 Å². The molecular formula is C24H34N2O4. The number of ether oxygens (including phenoxy) is 2. The number of carbonyl (C=O) groups excluding carboxylic acids is 2. The fourth-order valence-electron chi connectivity index (χ4n) is 5.12. The quantitative estimate of drug-likeness (QED) is 0.717. The van der Waals surface area contributed by atoms with Crippen molar-refractivity contribution in [3.05, 3.63) is 29.8 Å². The van der Waals surface area contributed by atoms with Crippen molar-refractivity contribution in [3.8, 4) is 5.75 Å². The van der Waals surface area contributed by atoms with E-state index in [4.69, 9.17) is 9.47 Å². The van der Waals surface area contributed by atoms with Crippen LogP contribution in [0.1, 0.15) is 57.4 Å². The normalized spacial score (nSPS) is 23.3. The number of methoxy groups -OCH3 is 1. The molecule has 3 aliphatic rings. The van der Waals surface area contributed by atoms with E-state index in [-0.39, 0.29) is 17.4 Å². The van der Waals surface area contributed by atoms with Crippen molar-refractivity contribution in [3.63, 3.8) is 0 Å². The molecule has 4 rings (SSSR count). The smallest absolute Gasteiger partial charge is 0.222 e. The number of nitrogens with zero attached hydrogens (tertiary/aromatic N) is 2. The minimum Gasteiger partial charge on any atom is -0.497 e. The lowest BCUT2D eigenvalue weighted by molar-refractivity contribution is -0.155. The summed E-state index contributed by atoms with van der Waals surface area (Å²) in [6.07, 6.45) is 7.14. The lowest BCUT2D eigenvalue weighted by Crippen LogP contribution is -2.55. The predicted molar refractivity (Wildman–Crippen MR) is 114 cm³/mol. The number of carbonyl (C=O) groups is 2. The Kier molecular flexibility index (Phi) is 6.32. The molecule has 1 aromatic rings. The Morgan fingerprint density at radius 2 is 1.83 bits per heavy atom. The van der Waals surface area contributed by atoms with Crippen LogP contribution in [0.25, 0.3) is 0 Å². The van der Waals surface area contributed by atoms with Gasteiger partial charge in [0.2, 0.25) is 11.8 Å². The number of aryl methyl sites for hydroxylation is 1. The molecule has 2 amide bonds. The molecule has 164 valence electrons. The van der Waals surface area contributed by atoms with E-state index in [2.05, 4.69) is 4.90 Å². The summed E-state index contributed by atoms with van der Waals surface area (Å²) in [5, 5.41) is 0. The van der Waals surface area contributed by atoms with Gasteiger partial charge in [-0.3, -0.25) is 9.59 Å². The summed E-state index contributed by atoms with van der Waals surface area (Å²) in [5.41, 5.74) is 0.985. The van der Waals surface area contributed by atoms with Crippen LogP contribution in [0.2, 0.25) is 0 Å². The number of hydrogen-bond donors (Lipinski definition) is 0. The number of hydrogen-bond acceptors (Lipinski definition) is 4. The van der Waals surface area contributed by atoms with E-state index >= 15 is 0 Å². The number of amides is 2. The summed E-state index contributed by atoms with van der Waals surface area (Å²) in [4.78, 5) is 29.0. The van der Waals surface area contributed by atoms with Crippen LogP contribution >= 0.6 is 0 Å². The van der Waals surface area contributed by atoms with Gasteiger partial charge in [0.15, 0.2) is 0 Å². The summed E-state index contributed by atoms with van der Waals surface area (Å²) in [5.74, 6) is 1.25. The number of benzene rings is 1. The highest BCUT2D eigenvalue weighted by Crippen LogP contribution is 2.40. The monoisotopic (exact) mass is 414 g/mol. The molecule has 6 heteroatoms. The predicted octanol–water partition coefficient (Wildman–Crippen LogP) is 3.18. The Labute approximate surface area is 179 Å². The van der Waals surface area contributed by atoms with Crippen molar-refractivity contribution in [2.24, 2.45) is 0 Å². The van der Waals surface area contributed by atoms with Gasteiger partial charge in [0, 0.05) is 45.1 Å². The van der Waals surface area contributed by atoms with E-state index < -0.39 is 0 Å². The Morgan fingerprint density at radius 1 is 1.13 bits per heavy atom. The van der Waals surface area contributed by atoms with Gasteiger partial charge in [0.1, 0.15) is 5.75 Å². The molecule has 2 aliphatic heterocycles. The van der Waals surface area contributed by atoms with E-state index in [0.717, 1.165) is 69.3 Å². The summed E-state index contributed by atoms with van der Waals surface area (Å²) >= 11 is 0. The first-order valence-corrected chi connectivity index (χ1v) is 11.3. The summed E-state index contributed by atoms with van der Waals surface area (Å²) in [6, 6.07) is 8.66. The number of likely N-dealkylation sites (tertiary alicyclic amines) is 1. The first kappa shape index (κ1) is 21.2. The van der Waals surface area contributed by atoms with Crippen molar-refractivity contribution in [2.75, 3.05) is 26.8 Å².